The molecule has 4 amide bonds. The van der Waals surface area contributed by atoms with Gasteiger partial charge in [0, 0.05) is 106 Å². The fourth-order valence-corrected chi connectivity index (χ4v) is 7.24. The first-order valence-corrected chi connectivity index (χ1v) is 18.5. The smallest absolute Gasteiger partial charge is 0.324 e. The lowest BCUT2D eigenvalue weighted by atomic mass is 10.0. The molecule has 1 aliphatic heterocycles. The number of piperazine rings is 1. The van der Waals surface area contributed by atoms with Crippen LogP contribution in [0, 0.1) is 10.1 Å². The maximum atomic E-state index is 14.0. The highest BCUT2D eigenvalue weighted by Gasteiger charge is 2.28. The number of non-ortho nitro benzene ring substituents is 1. The number of amides is 4. The largest absolute Gasteiger partial charge is 0.361 e. The summed E-state index contributed by atoms with van der Waals surface area (Å²) in [4.78, 5) is 65.8. The zero-order valence-electron chi connectivity index (χ0n) is 30.7. The minimum Gasteiger partial charge on any atom is -0.361 e. The van der Waals surface area contributed by atoms with Crippen molar-refractivity contribution in [2.45, 2.75) is 12.8 Å². The summed E-state index contributed by atoms with van der Waals surface area (Å²) >= 11 is 0. The molecule has 6 aromatic rings. The maximum Gasteiger partial charge on any atom is 0.324 e. The van der Waals surface area contributed by atoms with Crippen molar-refractivity contribution >= 4 is 51.0 Å². The van der Waals surface area contributed by atoms with Crippen molar-refractivity contribution in [2.75, 3.05) is 64.3 Å². The first kappa shape index (κ1) is 36.9. The number of aromatic nitrogens is 2. The Labute approximate surface area is 318 Å². The number of likely N-dealkylation sites (N-methyl/N-ethyl adjacent to an activating group) is 1. The number of nitro benzene ring substituents is 1. The van der Waals surface area contributed by atoms with Crippen LogP contribution in [0.5, 0.6) is 0 Å². The van der Waals surface area contributed by atoms with E-state index in [1.165, 1.54) is 12.1 Å². The van der Waals surface area contributed by atoms with E-state index in [-0.39, 0.29) is 23.5 Å². The van der Waals surface area contributed by atoms with Gasteiger partial charge in [0.15, 0.2) is 0 Å². The molecule has 2 aromatic heterocycles. The van der Waals surface area contributed by atoms with Crippen molar-refractivity contribution < 1.29 is 19.3 Å². The van der Waals surface area contributed by atoms with Crippen molar-refractivity contribution in [3.05, 3.63) is 142 Å². The molecule has 55 heavy (non-hydrogen) atoms. The van der Waals surface area contributed by atoms with Crippen molar-refractivity contribution in [1.82, 2.24) is 30.0 Å². The van der Waals surface area contributed by atoms with Gasteiger partial charge in [0.2, 0.25) is 0 Å². The van der Waals surface area contributed by atoms with Gasteiger partial charge in [0.05, 0.1) is 21.7 Å². The van der Waals surface area contributed by atoms with Crippen molar-refractivity contribution in [2.24, 2.45) is 0 Å². The van der Waals surface area contributed by atoms with Gasteiger partial charge in [0.1, 0.15) is 0 Å². The molecule has 3 N–H and O–H groups in total. The number of nitrogens with zero attached hydrogens (tertiary/aromatic N) is 5. The summed E-state index contributed by atoms with van der Waals surface area (Å²) in [6.45, 7) is 3.92. The highest BCUT2D eigenvalue weighted by Crippen LogP contribution is 2.25. The summed E-state index contributed by atoms with van der Waals surface area (Å²) in [6.07, 6.45) is 5.16. The topological polar surface area (TPSA) is 151 Å². The molecule has 13 heteroatoms. The van der Waals surface area contributed by atoms with E-state index in [0.29, 0.717) is 82.0 Å². The van der Waals surface area contributed by atoms with Crippen LogP contribution in [-0.2, 0) is 12.8 Å². The number of hydrogen-bond donors (Lipinski definition) is 3. The number of fused-ring (bicyclic) bond motifs is 2. The number of anilines is 1. The number of urea groups is 1. The normalized spacial score (nSPS) is 13.2. The third kappa shape index (κ3) is 8.36. The Hall–Kier alpha value is -6.47. The lowest BCUT2D eigenvalue weighted by Crippen LogP contribution is -2.54. The molecule has 1 saturated heterocycles. The lowest BCUT2D eigenvalue weighted by molar-refractivity contribution is -0.384. The van der Waals surface area contributed by atoms with Crippen LogP contribution in [0.2, 0.25) is 0 Å². The molecular weight excluding hydrogens is 697 g/mol. The number of aromatic amines is 2. The van der Waals surface area contributed by atoms with Crippen LogP contribution in [0.3, 0.4) is 0 Å². The number of nitrogens with one attached hydrogen (secondary N) is 3. The van der Waals surface area contributed by atoms with Gasteiger partial charge in [-0.25, -0.2) is 4.79 Å². The molecule has 0 spiro atoms. The van der Waals surface area contributed by atoms with Crippen LogP contribution in [0.25, 0.3) is 21.8 Å². The molecule has 0 aliphatic carbocycles. The number of H-pyrrole nitrogens is 2. The number of carbonyl (C=O) groups is 3. The van der Waals surface area contributed by atoms with Gasteiger partial charge in [-0.1, -0.05) is 54.6 Å². The zero-order valence-corrected chi connectivity index (χ0v) is 30.7. The Balaban J connectivity index is 0.923. The number of benzene rings is 4. The number of nitro groups is 1. The number of hydrogen-bond acceptors (Lipinski definition) is 6. The molecule has 282 valence electrons. The summed E-state index contributed by atoms with van der Waals surface area (Å²) in [5, 5.41) is 16.8. The number of para-hydroxylation sites is 2. The minimum atomic E-state index is -0.453. The fourth-order valence-electron chi connectivity index (χ4n) is 7.24. The molecular formula is C42H44N8O5. The number of carbonyl (C=O) groups excluding carboxylic acids is 3. The summed E-state index contributed by atoms with van der Waals surface area (Å²) < 4.78 is 0. The van der Waals surface area contributed by atoms with E-state index in [1.54, 1.807) is 58.1 Å². The summed E-state index contributed by atoms with van der Waals surface area (Å²) in [5.74, 6) is -0.530. The highest BCUT2D eigenvalue weighted by atomic mass is 16.6. The average molecular weight is 741 g/mol. The van der Waals surface area contributed by atoms with E-state index < -0.39 is 4.92 Å². The second-order valence-corrected chi connectivity index (χ2v) is 13.8. The minimum absolute atomic E-state index is 0.0743. The summed E-state index contributed by atoms with van der Waals surface area (Å²) in [7, 11) is 1.75. The molecule has 0 unspecified atom stereocenters. The molecule has 4 aromatic carbocycles. The molecule has 0 bridgehead atoms. The van der Waals surface area contributed by atoms with Gasteiger partial charge in [0.25, 0.3) is 17.5 Å². The van der Waals surface area contributed by atoms with E-state index in [1.807, 2.05) is 54.9 Å². The van der Waals surface area contributed by atoms with Crippen LogP contribution < -0.4 is 10.2 Å². The molecule has 3 heterocycles. The Kier molecular flexibility index (Phi) is 11.2. The molecule has 7 rings (SSSR count). The van der Waals surface area contributed by atoms with E-state index in [4.69, 9.17) is 0 Å². The van der Waals surface area contributed by atoms with E-state index in [9.17, 15) is 24.5 Å². The van der Waals surface area contributed by atoms with Crippen molar-refractivity contribution in [1.29, 1.82) is 0 Å². The SMILES string of the molecule is CN(CCc1c[nH]c2ccccc12)C(=O)c1ccccc1C(=O)NCCN1CCN(C(=O)N(CCc2c[nH]c3ccccc23)c2cccc([N+](=O)[O-])c2)CC1. The Morgan fingerprint density at radius 1 is 0.764 bits per heavy atom. The molecule has 0 atom stereocenters. The Morgan fingerprint density at radius 3 is 2.02 bits per heavy atom. The van der Waals surface area contributed by atoms with Gasteiger partial charge in [-0.15, -0.1) is 0 Å². The van der Waals surface area contributed by atoms with E-state index in [0.717, 1.165) is 32.9 Å². The highest BCUT2D eigenvalue weighted by molar-refractivity contribution is 6.07. The molecule has 13 nitrogen and oxygen atoms in total. The second kappa shape index (κ2) is 16.7. The lowest BCUT2D eigenvalue weighted by Gasteiger charge is -2.37. The molecule has 0 radical (unpaired) electrons. The van der Waals surface area contributed by atoms with Crippen LogP contribution in [0.15, 0.2) is 109 Å². The average Bonchev–Trinajstić information content (AvgIpc) is 3.84. The summed E-state index contributed by atoms with van der Waals surface area (Å²) in [5.41, 5.74) is 5.35. The van der Waals surface area contributed by atoms with Crippen molar-refractivity contribution in [3.63, 3.8) is 0 Å². The van der Waals surface area contributed by atoms with Crippen LogP contribution >= 0.6 is 0 Å². The second-order valence-electron chi connectivity index (χ2n) is 13.8. The third-order valence-corrected chi connectivity index (χ3v) is 10.4. The monoisotopic (exact) mass is 740 g/mol. The van der Waals surface area contributed by atoms with Gasteiger partial charge < -0.3 is 25.1 Å². The van der Waals surface area contributed by atoms with E-state index in [2.05, 4.69) is 26.3 Å². The van der Waals surface area contributed by atoms with Crippen LogP contribution in [0.1, 0.15) is 31.8 Å². The molecule has 1 fully saturated rings. The quantitative estimate of drug-likeness (QED) is 0.0964. The maximum absolute atomic E-state index is 14.0. The standard InChI is InChI=1S/C42H44N8O5/c1-46(20-17-30-28-44-38-15-6-4-11-34(30)38)41(52)37-14-3-2-13-36(37)40(51)43-19-22-47-23-25-48(26-24-47)42(53)49(32-9-8-10-33(27-32)50(54)55)21-18-31-29-45-39-16-7-5-12-35(31)39/h2-16,27-29,44-45H,17-26H2,1H3,(H,43,51). The molecule has 0 saturated carbocycles. The molecule has 1 aliphatic rings. The number of rotatable bonds is 13. The Bertz CT molecular complexity index is 2330. The van der Waals surface area contributed by atoms with Crippen LogP contribution in [-0.4, -0.2) is 107 Å². The third-order valence-electron chi connectivity index (χ3n) is 10.4. The van der Waals surface area contributed by atoms with Gasteiger partial charge >= 0.3 is 6.03 Å². The zero-order chi connectivity index (χ0) is 38.3. The van der Waals surface area contributed by atoms with Gasteiger partial charge in [-0.05, 0) is 54.3 Å². The van der Waals surface area contributed by atoms with Gasteiger partial charge in [-0.2, -0.15) is 0 Å². The predicted molar refractivity (Wildman–Crippen MR) is 214 cm³/mol. The van der Waals surface area contributed by atoms with Crippen LogP contribution in [0.4, 0.5) is 16.2 Å². The first-order valence-electron chi connectivity index (χ1n) is 18.5. The fraction of sp³-hybridized carbons (Fsp3) is 0.262. The van der Waals surface area contributed by atoms with Crippen molar-refractivity contribution in [3.8, 4) is 0 Å². The predicted octanol–water partition coefficient (Wildman–Crippen LogP) is 6.09. The van der Waals surface area contributed by atoms with E-state index >= 15 is 0 Å². The first-order chi connectivity index (χ1) is 26.8. The van der Waals surface area contributed by atoms with Gasteiger partial charge in [-0.3, -0.25) is 29.5 Å². The summed E-state index contributed by atoms with van der Waals surface area (Å²) in [6, 6.07) is 28.9. The Morgan fingerprint density at radius 2 is 1.36 bits per heavy atom.